The molecule has 4 aromatic carbocycles. The molecule has 0 bridgehead atoms. The van der Waals surface area contributed by atoms with E-state index in [1.54, 1.807) is 14.2 Å². The topological polar surface area (TPSA) is 27.7 Å². The number of rotatable bonds is 12. The first-order valence-corrected chi connectivity index (χ1v) is 15.7. The Morgan fingerprint density at radius 1 is 0.538 bits per heavy atom. The Bertz CT molecular complexity index is 1250. The van der Waals surface area contributed by atoms with Crippen LogP contribution in [0.5, 0.6) is 0 Å². The fourth-order valence-electron chi connectivity index (χ4n) is 6.27. The monoisotopic (exact) mass is 538 g/mol. The van der Waals surface area contributed by atoms with Crippen LogP contribution >= 0.6 is 0 Å². The Morgan fingerprint density at radius 3 is 1.31 bits per heavy atom. The molecule has 0 heterocycles. The Kier molecular flexibility index (Phi) is 8.92. The summed E-state index contributed by atoms with van der Waals surface area (Å²) in [4.78, 5) is 0. The van der Waals surface area contributed by atoms with Gasteiger partial charge in [-0.25, -0.2) is 0 Å². The fourth-order valence-corrected chi connectivity index (χ4v) is 9.43. The van der Waals surface area contributed by atoms with Gasteiger partial charge in [0.2, 0.25) is 0 Å². The lowest BCUT2D eigenvalue weighted by Crippen LogP contribution is -2.58. The first-order chi connectivity index (χ1) is 18.8. The van der Waals surface area contributed by atoms with Gasteiger partial charge in [-0.2, -0.15) is 0 Å². The molecule has 39 heavy (non-hydrogen) atoms. The van der Waals surface area contributed by atoms with Gasteiger partial charge in [-0.15, -0.1) is 0 Å². The van der Waals surface area contributed by atoms with Gasteiger partial charge in [0.15, 0.2) is 0 Å². The first kappa shape index (κ1) is 29.0. The van der Waals surface area contributed by atoms with E-state index < -0.39 is 19.6 Å². The highest BCUT2D eigenvalue weighted by atomic mass is 28.4. The van der Waals surface area contributed by atoms with E-state index in [0.29, 0.717) is 6.04 Å². The van der Waals surface area contributed by atoms with E-state index in [1.807, 2.05) is 13.2 Å². The van der Waals surface area contributed by atoms with Crippen molar-refractivity contribution >= 4 is 13.7 Å². The Hall–Kier alpha value is -3.02. The van der Waals surface area contributed by atoms with Crippen LogP contribution < -0.4 is 5.19 Å². The molecule has 4 rings (SSSR count). The minimum absolute atomic E-state index is 0.299. The molecule has 0 saturated heterocycles. The van der Waals surface area contributed by atoms with Gasteiger partial charge in [0.1, 0.15) is 0 Å². The maximum absolute atomic E-state index is 6.47. The largest absolute Gasteiger partial charge is 0.394 e. The van der Waals surface area contributed by atoms with E-state index in [-0.39, 0.29) is 5.41 Å². The van der Waals surface area contributed by atoms with Crippen molar-refractivity contribution in [2.45, 2.75) is 44.3 Å². The third kappa shape index (κ3) is 5.52. The SMILES string of the molecule is COC(C)(c1ccccc1)C(C)(C)CC(C[Si](OC)(OC)c1ccccc1)(c1ccccc1)c1ccccc1. The second kappa shape index (κ2) is 12.0. The average molecular weight is 539 g/mol. The summed E-state index contributed by atoms with van der Waals surface area (Å²) in [6.45, 7) is 6.88. The third-order valence-electron chi connectivity index (χ3n) is 8.83. The van der Waals surface area contributed by atoms with Crippen LogP contribution in [-0.4, -0.2) is 29.9 Å². The van der Waals surface area contributed by atoms with E-state index in [9.17, 15) is 0 Å². The molecule has 0 aromatic heterocycles. The highest BCUT2D eigenvalue weighted by Crippen LogP contribution is 2.54. The summed E-state index contributed by atoms with van der Waals surface area (Å²) in [6, 6.07) is 43.5. The van der Waals surface area contributed by atoms with Crippen LogP contribution in [-0.2, 0) is 24.6 Å². The van der Waals surface area contributed by atoms with Gasteiger partial charge in [-0.3, -0.25) is 0 Å². The van der Waals surface area contributed by atoms with Crippen LogP contribution in [0.3, 0.4) is 0 Å². The van der Waals surface area contributed by atoms with Crippen molar-refractivity contribution in [3.8, 4) is 0 Å². The van der Waals surface area contributed by atoms with Crippen LogP contribution in [0.1, 0.15) is 43.9 Å². The molecule has 4 aromatic rings. The quantitative estimate of drug-likeness (QED) is 0.174. The van der Waals surface area contributed by atoms with Crippen LogP contribution in [0.15, 0.2) is 121 Å². The van der Waals surface area contributed by atoms with Crippen molar-refractivity contribution in [2.75, 3.05) is 21.3 Å². The molecule has 1 unspecified atom stereocenters. The smallest absolute Gasteiger partial charge is 0.373 e. The molecular formula is C35H42O3Si. The lowest BCUT2D eigenvalue weighted by molar-refractivity contribution is -0.102. The van der Waals surface area contributed by atoms with Gasteiger partial charge in [-0.1, -0.05) is 135 Å². The van der Waals surface area contributed by atoms with Gasteiger partial charge in [-0.05, 0) is 40.6 Å². The summed E-state index contributed by atoms with van der Waals surface area (Å²) in [6.07, 6.45) is 0.807. The van der Waals surface area contributed by atoms with Crippen molar-refractivity contribution in [3.63, 3.8) is 0 Å². The molecule has 4 heteroatoms. The van der Waals surface area contributed by atoms with Gasteiger partial charge < -0.3 is 13.6 Å². The fraction of sp³-hybridized carbons (Fsp3) is 0.314. The molecule has 0 spiro atoms. The van der Waals surface area contributed by atoms with Crippen molar-refractivity contribution in [2.24, 2.45) is 5.41 Å². The third-order valence-corrected chi connectivity index (χ3v) is 12.4. The average Bonchev–Trinajstić information content (AvgIpc) is 3.00. The van der Waals surface area contributed by atoms with E-state index in [1.165, 1.54) is 11.1 Å². The molecule has 0 aliphatic carbocycles. The number of hydrogen-bond donors (Lipinski definition) is 0. The molecule has 0 N–H and O–H groups in total. The summed E-state index contributed by atoms with van der Waals surface area (Å²) >= 11 is 0. The molecule has 0 amide bonds. The highest BCUT2D eigenvalue weighted by molar-refractivity contribution is 6.81. The molecule has 3 nitrogen and oxygen atoms in total. The molecule has 0 aliphatic heterocycles. The Labute approximate surface area is 236 Å². The predicted molar refractivity (Wildman–Crippen MR) is 164 cm³/mol. The Balaban J connectivity index is 1.99. The number of hydrogen-bond acceptors (Lipinski definition) is 3. The van der Waals surface area contributed by atoms with Gasteiger partial charge >= 0.3 is 8.56 Å². The minimum Gasteiger partial charge on any atom is -0.394 e. The number of benzene rings is 4. The zero-order chi connectivity index (χ0) is 28.0. The second-order valence-electron chi connectivity index (χ2n) is 11.2. The van der Waals surface area contributed by atoms with E-state index >= 15 is 0 Å². The molecule has 0 saturated carbocycles. The van der Waals surface area contributed by atoms with Crippen molar-refractivity contribution < 1.29 is 13.6 Å². The number of methoxy groups -OCH3 is 1. The Morgan fingerprint density at radius 2 is 0.923 bits per heavy atom. The second-order valence-corrected chi connectivity index (χ2v) is 14.4. The van der Waals surface area contributed by atoms with Gasteiger partial charge in [0, 0.05) is 32.8 Å². The maximum Gasteiger partial charge on any atom is 0.373 e. The predicted octanol–water partition coefficient (Wildman–Crippen LogP) is 7.59. The van der Waals surface area contributed by atoms with E-state index in [4.69, 9.17) is 13.6 Å². The highest BCUT2D eigenvalue weighted by Gasteiger charge is 2.54. The minimum atomic E-state index is -2.91. The summed E-state index contributed by atoms with van der Waals surface area (Å²) in [5, 5.41) is 1.13. The summed E-state index contributed by atoms with van der Waals surface area (Å²) in [7, 11) is 2.53. The molecule has 0 aliphatic rings. The van der Waals surface area contributed by atoms with E-state index in [0.717, 1.165) is 17.2 Å². The standard InChI is InChI=1S/C35H42O3Si/c1-33(2,34(3,36-4)29-19-11-7-12-20-29)27-35(30-21-13-8-14-22-30,31-23-15-9-16-24-31)28-39(37-5,38-6)32-25-17-10-18-26-32/h7-26H,27-28H2,1-6H3. The summed E-state index contributed by atoms with van der Waals surface area (Å²) in [5.41, 5.74) is 2.40. The molecule has 1 atom stereocenters. The van der Waals surface area contributed by atoms with Crippen LogP contribution in [0.25, 0.3) is 0 Å². The lowest BCUT2D eigenvalue weighted by atomic mass is 9.60. The first-order valence-electron chi connectivity index (χ1n) is 13.6. The van der Waals surface area contributed by atoms with Crippen LogP contribution in [0, 0.1) is 5.41 Å². The molecule has 0 radical (unpaired) electrons. The zero-order valence-corrected chi connectivity index (χ0v) is 25.2. The lowest BCUT2D eigenvalue weighted by Gasteiger charge is -2.51. The summed E-state index contributed by atoms with van der Waals surface area (Å²) < 4.78 is 19.4. The zero-order valence-electron chi connectivity index (χ0n) is 24.2. The maximum atomic E-state index is 6.47. The molecule has 0 fully saturated rings. The van der Waals surface area contributed by atoms with Crippen LogP contribution in [0.4, 0.5) is 0 Å². The molecule has 204 valence electrons. The summed E-state index contributed by atoms with van der Waals surface area (Å²) in [5.74, 6) is 0. The van der Waals surface area contributed by atoms with Crippen molar-refractivity contribution in [1.29, 1.82) is 0 Å². The van der Waals surface area contributed by atoms with Crippen molar-refractivity contribution in [1.82, 2.24) is 0 Å². The molecular weight excluding hydrogens is 496 g/mol. The van der Waals surface area contributed by atoms with Gasteiger partial charge in [0.25, 0.3) is 0 Å². The number of ether oxygens (including phenoxy) is 1. The van der Waals surface area contributed by atoms with Crippen LogP contribution in [0.2, 0.25) is 6.04 Å². The normalized spacial score (nSPS) is 14.1. The van der Waals surface area contributed by atoms with Gasteiger partial charge in [0.05, 0.1) is 5.60 Å². The van der Waals surface area contributed by atoms with E-state index in [2.05, 4.69) is 136 Å². The van der Waals surface area contributed by atoms with Crippen molar-refractivity contribution in [3.05, 3.63) is 138 Å².